The molecule has 0 heterocycles. The molecule has 1 aromatic rings. The summed E-state index contributed by atoms with van der Waals surface area (Å²) in [5.41, 5.74) is 1.56. The molecule has 0 heteroatoms. The van der Waals surface area contributed by atoms with Crippen LogP contribution in [0.25, 0.3) is 0 Å². The highest BCUT2D eigenvalue weighted by molar-refractivity contribution is 5.22. The number of benzene rings is 1. The third-order valence-corrected chi connectivity index (χ3v) is 4.27. The van der Waals surface area contributed by atoms with Gasteiger partial charge in [-0.1, -0.05) is 42.8 Å². The summed E-state index contributed by atoms with van der Waals surface area (Å²) in [5, 5.41) is 0. The van der Waals surface area contributed by atoms with Crippen LogP contribution in [0.1, 0.15) is 43.6 Å². The first-order valence-corrected chi connectivity index (χ1v) is 6.58. The van der Waals surface area contributed by atoms with E-state index in [1.165, 1.54) is 32.1 Å². The summed E-state index contributed by atoms with van der Waals surface area (Å²) in [6.07, 6.45) is 12.6. The third-order valence-electron chi connectivity index (χ3n) is 4.27. The third kappa shape index (κ3) is 1.81. The second kappa shape index (κ2) is 4.45. The van der Waals surface area contributed by atoms with E-state index in [0.717, 1.165) is 17.8 Å². The Balaban J connectivity index is 1.87. The van der Waals surface area contributed by atoms with Gasteiger partial charge < -0.3 is 0 Å². The Hall–Kier alpha value is -1.04. The molecule has 1 radical (unpaired) electrons. The summed E-state index contributed by atoms with van der Waals surface area (Å²) in [6.45, 7) is 0. The van der Waals surface area contributed by atoms with Gasteiger partial charge in [0.15, 0.2) is 0 Å². The van der Waals surface area contributed by atoms with E-state index in [1.807, 2.05) is 0 Å². The Morgan fingerprint density at radius 3 is 2.75 bits per heavy atom. The lowest BCUT2D eigenvalue weighted by molar-refractivity contribution is 0.215. The first-order chi connectivity index (χ1) is 7.95. The monoisotopic (exact) mass is 211 g/mol. The Bertz CT molecular complexity index is 363. The smallest absolute Gasteiger partial charge is 0.0128 e. The standard InChI is InChI=1S/C16H19/c1-2-7-13(8-3-1)16-12-6-10-14-9-4-5-11-15(14)16/h1-4,7-8,14-16H,5-6,10-12H2. The van der Waals surface area contributed by atoms with Crippen LogP contribution >= 0.6 is 0 Å². The van der Waals surface area contributed by atoms with Gasteiger partial charge in [-0.05, 0) is 55.1 Å². The predicted octanol–water partition coefficient (Wildman–Crippen LogP) is 4.34. The lowest BCUT2D eigenvalue weighted by Crippen LogP contribution is -2.27. The van der Waals surface area contributed by atoms with Crippen molar-refractivity contribution in [1.29, 1.82) is 0 Å². The highest BCUT2D eigenvalue weighted by Gasteiger charge is 2.33. The van der Waals surface area contributed by atoms with Crippen molar-refractivity contribution >= 4 is 0 Å². The van der Waals surface area contributed by atoms with Crippen LogP contribution in [0.2, 0.25) is 0 Å². The van der Waals surface area contributed by atoms with Crippen LogP contribution in [0.3, 0.4) is 0 Å². The average Bonchev–Trinajstić information content (AvgIpc) is 2.39. The van der Waals surface area contributed by atoms with Gasteiger partial charge in [-0.15, -0.1) is 0 Å². The maximum atomic E-state index is 3.60. The van der Waals surface area contributed by atoms with Crippen molar-refractivity contribution in [1.82, 2.24) is 0 Å². The summed E-state index contributed by atoms with van der Waals surface area (Å²) in [7, 11) is 0. The summed E-state index contributed by atoms with van der Waals surface area (Å²) in [4.78, 5) is 0. The molecule has 3 rings (SSSR count). The average molecular weight is 211 g/mol. The van der Waals surface area contributed by atoms with Crippen molar-refractivity contribution in [2.45, 2.75) is 38.0 Å². The number of hydrogen-bond donors (Lipinski definition) is 0. The summed E-state index contributed by atoms with van der Waals surface area (Å²) in [6, 6.07) is 11.1. The van der Waals surface area contributed by atoms with E-state index in [0.29, 0.717) is 0 Å². The number of rotatable bonds is 1. The first-order valence-electron chi connectivity index (χ1n) is 6.58. The van der Waals surface area contributed by atoms with Gasteiger partial charge in [0.1, 0.15) is 0 Å². The molecule has 83 valence electrons. The normalized spacial score (nSPS) is 33.4. The highest BCUT2D eigenvalue weighted by Crippen LogP contribution is 2.45. The highest BCUT2D eigenvalue weighted by atomic mass is 14.4. The maximum Gasteiger partial charge on any atom is -0.0128 e. The van der Waals surface area contributed by atoms with Gasteiger partial charge in [0.2, 0.25) is 0 Å². The van der Waals surface area contributed by atoms with Crippen molar-refractivity contribution in [3.05, 3.63) is 48.0 Å². The second-order valence-electron chi connectivity index (χ2n) is 5.17. The summed E-state index contributed by atoms with van der Waals surface area (Å²) >= 11 is 0. The summed E-state index contributed by atoms with van der Waals surface area (Å²) < 4.78 is 0. The Labute approximate surface area is 98.4 Å². The fraction of sp³-hybridized carbons (Fsp3) is 0.500. The van der Waals surface area contributed by atoms with E-state index in [9.17, 15) is 0 Å². The molecule has 3 unspecified atom stereocenters. The van der Waals surface area contributed by atoms with Crippen LogP contribution in [0.15, 0.2) is 36.4 Å². The quantitative estimate of drug-likeness (QED) is 0.648. The fourth-order valence-corrected chi connectivity index (χ4v) is 3.50. The number of fused-ring (bicyclic) bond motifs is 1. The lowest BCUT2D eigenvalue weighted by atomic mass is 9.66. The van der Waals surface area contributed by atoms with Crippen LogP contribution in [0, 0.1) is 17.9 Å². The van der Waals surface area contributed by atoms with Crippen molar-refractivity contribution in [3.63, 3.8) is 0 Å². The van der Waals surface area contributed by atoms with Gasteiger partial charge in [0.05, 0.1) is 0 Å². The van der Waals surface area contributed by atoms with Gasteiger partial charge in [0, 0.05) is 0 Å². The largest absolute Gasteiger partial charge is 0.0807 e. The van der Waals surface area contributed by atoms with E-state index in [4.69, 9.17) is 0 Å². The van der Waals surface area contributed by atoms with E-state index >= 15 is 0 Å². The molecule has 1 aromatic carbocycles. The molecule has 16 heavy (non-hydrogen) atoms. The minimum Gasteiger partial charge on any atom is -0.0807 e. The molecule has 1 fully saturated rings. The molecule has 3 atom stereocenters. The van der Waals surface area contributed by atoms with E-state index in [-0.39, 0.29) is 0 Å². The molecule has 0 saturated heterocycles. The number of allylic oxidation sites excluding steroid dienone is 2. The van der Waals surface area contributed by atoms with Crippen molar-refractivity contribution in [2.24, 2.45) is 11.8 Å². The SMILES string of the molecule is [C]1=CCCC2C1CCCC2c1ccccc1. The van der Waals surface area contributed by atoms with Crippen molar-refractivity contribution in [3.8, 4) is 0 Å². The predicted molar refractivity (Wildman–Crippen MR) is 67.1 cm³/mol. The second-order valence-corrected chi connectivity index (χ2v) is 5.17. The van der Waals surface area contributed by atoms with E-state index in [2.05, 4.69) is 42.5 Å². The van der Waals surface area contributed by atoms with E-state index < -0.39 is 0 Å². The van der Waals surface area contributed by atoms with Crippen molar-refractivity contribution < 1.29 is 0 Å². The molecule has 0 spiro atoms. The van der Waals surface area contributed by atoms with Gasteiger partial charge >= 0.3 is 0 Å². The van der Waals surface area contributed by atoms with E-state index in [1.54, 1.807) is 5.56 Å². The molecule has 0 nitrogen and oxygen atoms in total. The molecular weight excluding hydrogens is 192 g/mol. The molecule has 1 saturated carbocycles. The summed E-state index contributed by atoms with van der Waals surface area (Å²) in [5.74, 6) is 2.40. The van der Waals surface area contributed by atoms with Crippen LogP contribution in [0.5, 0.6) is 0 Å². The van der Waals surface area contributed by atoms with Crippen LogP contribution in [-0.4, -0.2) is 0 Å². The molecule has 2 aliphatic carbocycles. The minimum absolute atomic E-state index is 0.743. The Morgan fingerprint density at radius 1 is 1.00 bits per heavy atom. The number of hydrogen-bond acceptors (Lipinski definition) is 0. The zero-order chi connectivity index (χ0) is 10.8. The van der Waals surface area contributed by atoms with Crippen molar-refractivity contribution in [2.75, 3.05) is 0 Å². The van der Waals surface area contributed by atoms with Crippen LogP contribution < -0.4 is 0 Å². The molecule has 0 bridgehead atoms. The fourth-order valence-electron chi connectivity index (χ4n) is 3.50. The van der Waals surface area contributed by atoms with Gasteiger partial charge in [0.25, 0.3) is 0 Å². The molecular formula is C16H19. The minimum atomic E-state index is 0.743. The zero-order valence-electron chi connectivity index (χ0n) is 9.73. The molecule has 0 aromatic heterocycles. The first kappa shape index (κ1) is 10.1. The van der Waals surface area contributed by atoms with Gasteiger partial charge in [-0.3, -0.25) is 0 Å². The van der Waals surface area contributed by atoms with Gasteiger partial charge in [-0.25, -0.2) is 0 Å². The molecule has 2 aliphatic rings. The van der Waals surface area contributed by atoms with Crippen LogP contribution in [0.4, 0.5) is 0 Å². The molecule has 0 N–H and O–H groups in total. The molecule has 0 amide bonds. The van der Waals surface area contributed by atoms with Crippen LogP contribution in [-0.2, 0) is 0 Å². The Morgan fingerprint density at radius 2 is 1.88 bits per heavy atom. The topological polar surface area (TPSA) is 0 Å². The maximum absolute atomic E-state index is 3.60. The lowest BCUT2D eigenvalue weighted by Gasteiger charge is -2.39. The zero-order valence-corrected chi connectivity index (χ0v) is 9.73. The molecule has 0 aliphatic heterocycles. The Kier molecular flexibility index (Phi) is 2.82. The van der Waals surface area contributed by atoms with Gasteiger partial charge in [-0.2, -0.15) is 0 Å².